The molecule has 0 aliphatic carbocycles. The zero-order valence-corrected chi connectivity index (χ0v) is 18.1. The van der Waals surface area contributed by atoms with Gasteiger partial charge in [0.15, 0.2) is 0 Å². The molecule has 0 bridgehead atoms. The van der Waals surface area contributed by atoms with Gasteiger partial charge in [0.25, 0.3) is 6.43 Å². The van der Waals surface area contributed by atoms with E-state index >= 15 is 0 Å². The van der Waals surface area contributed by atoms with Crippen molar-refractivity contribution in [2.45, 2.75) is 59.1 Å². The first-order valence-electron chi connectivity index (χ1n) is 9.17. The van der Waals surface area contributed by atoms with Crippen LogP contribution in [0.3, 0.4) is 0 Å². The monoisotopic (exact) mass is 447 g/mol. The van der Waals surface area contributed by atoms with E-state index in [-0.39, 0.29) is 17.8 Å². The Kier molecular flexibility index (Phi) is 7.05. The number of carbonyl (C=O) groups is 1. The van der Waals surface area contributed by atoms with Crippen molar-refractivity contribution >= 4 is 27.7 Å². The average Bonchev–Trinajstić information content (AvgIpc) is 2.52. The first kappa shape index (κ1) is 21.9. The molecule has 0 N–H and O–H groups in total. The van der Waals surface area contributed by atoms with Crippen molar-refractivity contribution in [1.29, 1.82) is 0 Å². The van der Waals surface area contributed by atoms with E-state index in [0.717, 1.165) is 6.42 Å². The summed E-state index contributed by atoms with van der Waals surface area (Å²) in [7, 11) is 0. The van der Waals surface area contributed by atoms with Crippen LogP contribution in [0.4, 0.5) is 19.3 Å². The number of carbonyl (C=O) groups excluding carboxylic acids is 1. The average molecular weight is 448 g/mol. The lowest BCUT2D eigenvalue weighted by atomic mass is 9.99. The van der Waals surface area contributed by atoms with Crippen molar-refractivity contribution in [3.63, 3.8) is 0 Å². The number of pyridine rings is 1. The van der Waals surface area contributed by atoms with E-state index < -0.39 is 12.0 Å². The van der Waals surface area contributed by atoms with Crippen molar-refractivity contribution < 1.29 is 18.3 Å². The summed E-state index contributed by atoms with van der Waals surface area (Å²) in [6.07, 6.45) is -2.25. The number of alkyl halides is 2. The van der Waals surface area contributed by atoms with Crippen molar-refractivity contribution in [3.05, 3.63) is 22.4 Å². The molecule has 1 amide bonds. The van der Waals surface area contributed by atoms with Gasteiger partial charge in [0, 0.05) is 19.6 Å². The maximum Gasteiger partial charge on any atom is 0.410 e. The highest BCUT2D eigenvalue weighted by Gasteiger charge is 2.35. The molecule has 0 spiro atoms. The second kappa shape index (κ2) is 8.71. The smallest absolute Gasteiger partial charge is 0.410 e. The normalized spacial score (nSPS) is 18.4. The zero-order valence-electron chi connectivity index (χ0n) is 16.5. The summed E-state index contributed by atoms with van der Waals surface area (Å²) in [5.41, 5.74) is -0.390. The highest BCUT2D eigenvalue weighted by Crippen LogP contribution is 2.32. The van der Waals surface area contributed by atoms with E-state index in [0.29, 0.717) is 35.8 Å². The Morgan fingerprint density at radius 1 is 1.33 bits per heavy atom. The summed E-state index contributed by atoms with van der Waals surface area (Å²) < 4.78 is 32.9. The molecule has 152 valence electrons. The number of rotatable bonds is 4. The van der Waals surface area contributed by atoms with Gasteiger partial charge >= 0.3 is 6.09 Å². The lowest BCUT2D eigenvalue weighted by molar-refractivity contribution is 0.0119. The fraction of sp³-hybridized carbons (Fsp3) is 0.684. The molecule has 5 nitrogen and oxygen atoms in total. The van der Waals surface area contributed by atoms with E-state index in [1.54, 1.807) is 17.0 Å². The van der Waals surface area contributed by atoms with Gasteiger partial charge < -0.3 is 14.5 Å². The molecule has 1 saturated heterocycles. The van der Waals surface area contributed by atoms with Crippen LogP contribution in [-0.2, 0) is 4.74 Å². The topological polar surface area (TPSA) is 45.7 Å². The van der Waals surface area contributed by atoms with Gasteiger partial charge in [0.2, 0.25) is 0 Å². The third kappa shape index (κ3) is 6.02. The van der Waals surface area contributed by atoms with Gasteiger partial charge in [-0.3, -0.25) is 0 Å². The Morgan fingerprint density at radius 2 is 2.00 bits per heavy atom. The van der Waals surface area contributed by atoms with E-state index in [1.807, 2.05) is 25.7 Å². The molecular formula is C19H28BrF2N3O2. The predicted octanol–water partition coefficient (Wildman–Crippen LogP) is 5.25. The minimum Gasteiger partial charge on any atom is -0.444 e. The third-order valence-electron chi connectivity index (χ3n) is 4.27. The molecule has 0 aromatic carbocycles. The molecule has 1 aromatic heterocycles. The van der Waals surface area contributed by atoms with Crippen LogP contribution in [0, 0.1) is 5.92 Å². The number of hydrogen-bond donors (Lipinski definition) is 0. The molecule has 0 saturated carbocycles. The van der Waals surface area contributed by atoms with Crippen LogP contribution in [0.15, 0.2) is 16.7 Å². The second-order valence-corrected chi connectivity index (χ2v) is 9.05. The molecule has 1 aromatic rings. The van der Waals surface area contributed by atoms with Gasteiger partial charge in [0.1, 0.15) is 15.9 Å². The fourth-order valence-electron chi connectivity index (χ4n) is 3.25. The lowest BCUT2D eigenvalue weighted by Crippen LogP contribution is -2.56. The number of ether oxygens (including phenoxy) is 1. The summed E-state index contributed by atoms with van der Waals surface area (Å²) in [5.74, 6) is 0.359. The van der Waals surface area contributed by atoms with Gasteiger partial charge in [-0.2, -0.15) is 0 Å². The molecule has 1 aliphatic rings. The third-order valence-corrected chi connectivity index (χ3v) is 4.71. The van der Waals surface area contributed by atoms with Crippen LogP contribution < -0.4 is 4.90 Å². The molecule has 27 heavy (non-hydrogen) atoms. The van der Waals surface area contributed by atoms with Gasteiger partial charge in [-0.1, -0.05) is 13.8 Å². The number of aromatic nitrogens is 1. The van der Waals surface area contributed by atoms with E-state index in [1.165, 1.54) is 0 Å². The standard InChI is InChI=1S/C19H28BrF2N3O2/c1-12(2)10-13-11-24(8-9-25(13)18(26)27-19(3,4)5)14-6-7-15(20)23-16(14)17(21)22/h6-7,12-13,17H,8-11H2,1-5H3/t13-/m1/s1. The number of amides is 1. The highest BCUT2D eigenvalue weighted by atomic mass is 79.9. The van der Waals surface area contributed by atoms with E-state index in [9.17, 15) is 13.6 Å². The maximum absolute atomic E-state index is 13.5. The molecule has 2 rings (SSSR count). The molecule has 1 fully saturated rings. The molecular weight excluding hydrogens is 420 g/mol. The van der Waals surface area contributed by atoms with Crippen LogP contribution in [0.5, 0.6) is 0 Å². The van der Waals surface area contributed by atoms with E-state index in [4.69, 9.17) is 4.74 Å². The minimum atomic E-state index is -2.66. The maximum atomic E-state index is 13.5. The fourth-order valence-corrected chi connectivity index (χ4v) is 3.57. The largest absolute Gasteiger partial charge is 0.444 e. The molecule has 0 radical (unpaired) electrons. The summed E-state index contributed by atoms with van der Waals surface area (Å²) >= 11 is 3.16. The van der Waals surface area contributed by atoms with Crippen molar-refractivity contribution in [1.82, 2.24) is 9.88 Å². The first-order chi connectivity index (χ1) is 12.5. The lowest BCUT2D eigenvalue weighted by Gasteiger charge is -2.43. The van der Waals surface area contributed by atoms with Gasteiger partial charge in [-0.15, -0.1) is 0 Å². The molecule has 1 atom stereocenters. The number of hydrogen-bond acceptors (Lipinski definition) is 4. The number of piperazine rings is 1. The Hall–Kier alpha value is -1.44. The molecule has 1 aliphatic heterocycles. The molecule has 2 heterocycles. The van der Waals surface area contributed by atoms with Crippen molar-refractivity contribution in [2.75, 3.05) is 24.5 Å². The molecule has 8 heteroatoms. The highest BCUT2D eigenvalue weighted by molar-refractivity contribution is 9.10. The molecule has 0 unspecified atom stereocenters. The second-order valence-electron chi connectivity index (χ2n) is 8.24. The van der Waals surface area contributed by atoms with E-state index in [2.05, 4.69) is 34.8 Å². The number of halogens is 3. The van der Waals surface area contributed by atoms with Gasteiger partial charge in [0.05, 0.1) is 11.7 Å². The van der Waals surface area contributed by atoms with Gasteiger partial charge in [-0.25, -0.2) is 18.6 Å². The minimum absolute atomic E-state index is 0.109. The zero-order chi connectivity index (χ0) is 20.4. The quantitative estimate of drug-likeness (QED) is 0.590. The van der Waals surface area contributed by atoms with Crippen molar-refractivity contribution in [2.24, 2.45) is 5.92 Å². The van der Waals surface area contributed by atoms with Gasteiger partial charge in [-0.05, 0) is 61.2 Å². The summed E-state index contributed by atoms with van der Waals surface area (Å²) in [4.78, 5) is 20.2. The Balaban J connectivity index is 2.24. The van der Waals surface area contributed by atoms with Crippen molar-refractivity contribution in [3.8, 4) is 0 Å². The van der Waals surface area contributed by atoms with Crippen LogP contribution >= 0.6 is 15.9 Å². The first-order valence-corrected chi connectivity index (χ1v) is 9.96. The van der Waals surface area contributed by atoms with Crippen LogP contribution in [0.25, 0.3) is 0 Å². The Morgan fingerprint density at radius 3 is 2.56 bits per heavy atom. The number of anilines is 1. The summed E-state index contributed by atoms with van der Waals surface area (Å²) in [5, 5.41) is 0. The van der Waals surface area contributed by atoms with Crippen LogP contribution in [0.2, 0.25) is 0 Å². The Bertz CT molecular complexity index is 665. The van der Waals surface area contributed by atoms with Crippen LogP contribution in [-0.4, -0.2) is 47.3 Å². The number of nitrogens with zero attached hydrogens (tertiary/aromatic N) is 3. The summed E-state index contributed by atoms with van der Waals surface area (Å²) in [6, 6.07) is 3.22. The van der Waals surface area contributed by atoms with Crippen LogP contribution in [0.1, 0.15) is 53.2 Å². The Labute approximate surface area is 168 Å². The predicted molar refractivity (Wildman–Crippen MR) is 105 cm³/mol. The summed E-state index contributed by atoms with van der Waals surface area (Å²) in [6.45, 7) is 11.0. The SMILES string of the molecule is CC(C)C[C@@H]1CN(c2ccc(Br)nc2C(F)F)CCN1C(=O)OC(C)(C)C.